The van der Waals surface area contributed by atoms with Gasteiger partial charge < -0.3 is 10.8 Å². The summed E-state index contributed by atoms with van der Waals surface area (Å²) in [5, 5.41) is 10.3. The number of nitrogens with two attached hydrogens (primary N) is 1. The van der Waals surface area contributed by atoms with Gasteiger partial charge in [-0.3, -0.25) is 0 Å². The molecule has 3 heteroatoms. The van der Waals surface area contributed by atoms with Crippen molar-refractivity contribution in [3.8, 4) is 5.75 Å². The van der Waals surface area contributed by atoms with Crippen molar-refractivity contribution in [3.05, 3.63) is 28.3 Å². The van der Waals surface area contributed by atoms with Gasteiger partial charge in [0.25, 0.3) is 0 Å². The average Bonchev–Trinajstić information content (AvgIpc) is 2.75. The summed E-state index contributed by atoms with van der Waals surface area (Å²) in [6, 6.07) is 2.05. The Bertz CT molecular complexity index is 453. The van der Waals surface area contributed by atoms with Gasteiger partial charge in [0.2, 0.25) is 0 Å². The molecule has 0 fully saturated rings. The Morgan fingerprint density at radius 3 is 2.88 bits per heavy atom. The monoisotopic (exact) mass is 249 g/mol. The van der Waals surface area contributed by atoms with Crippen molar-refractivity contribution < 1.29 is 5.11 Å². The van der Waals surface area contributed by atoms with Crippen LogP contribution in [-0.2, 0) is 19.4 Å². The standard InChI is InChI=1S/C14H19NOS/c1-2-4-12(17)13-11-6-3-5-9(11)7-10(8-15)14(13)16/h7,16H,2-6,8,15H2,1H3. The van der Waals surface area contributed by atoms with E-state index in [2.05, 4.69) is 13.0 Å². The predicted molar refractivity (Wildman–Crippen MR) is 74.6 cm³/mol. The lowest BCUT2D eigenvalue weighted by atomic mass is 9.94. The van der Waals surface area contributed by atoms with E-state index < -0.39 is 0 Å². The van der Waals surface area contributed by atoms with Crippen LogP contribution in [0.2, 0.25) is 0 Å². The molecule has 1 aromatic rings. The number of aryl methyl sites for hydroxylation is 1. The van der Waals surface area contributed by atoms with Crippen LogP contribution in [0.1, 0.15) is 48.4 Å². The van der Waals surface area contributed by atoms with Gasteiger partial charge in [-0.1, -0.05) is 31.6 Å². The summed E-state index contributed by atoms with van der Waals surface area (Å²) in [6.07, 6.45) is 5.16. The van der Waals surface area contributed by atoms with E-state index in [0.717, 1.165) is 48.1 Å². The number of fused-ring (bicyclic) bond motifs is 1. The second-order valence-electron chi connectivity index (χ2n) is 4.63. The normalized spacial score (nSPS) is 13.8. The van der Waals surface area contributed by atoms with Crippen LogP contribution in [-0.4, -0.2) is 9.97 Å². The third-order valence-corrected chi connectivity index (χ3v) is 3.84. The number of aromatic hydroxyl groups is 1. The Kier molecular flexibility index (Phi) is 3.79. The predicted octanol–water partition coefficient (Wildman–Crippen LogP) is 2.86. The third-order valence-electron chi connectivity index (χ3n) is 3.43. The lowest BCUT2D eigenvalue weighted by molar-refractivity contribution is 0.466. The van der Waals surface area contributed by atoms with Gasteiger partial charge in [0, 0.05) is 22.5 Å². The van der Waals surface area contributed by atoms with E-state index in [0.29, 0.717) is 12.3 Å². The summed E-state index contributed by atoms with van der Waals surface area (Å²) in [5.41, 5.74) is 10.0. The van der Waals surface area contributed by atoms with Gasteiger partial charge in [0.1, 0.15) is 5.75 Å². The highest BCUT2D eigenvalue weighted by atomic mass is 32.1. The van der Waals surface area contributed by atoms with Gasteiger partial charge in [-0.05, 0) is 36.8 Å². The van der Waals surface area contributed by atoms with Crippen molar-refractivity contribution >= 4 is 17.1 Å². The lowest BCUT2D eigenvalue weighted by Crippen LogP contribution is -2.07. The smallest absolute Gasteiger partial charge is 0.128 e. The molecule has 0 bridgehead atoms. The van der Waals surface area contributed by atoms with Gasteiger partial charge in [-0.15, -0.1) is 0 Å². The summed E-state index contributed by atoms with van der Waals surface area (Å²) >= 11 is 5.46. The zero-order valence-corrected chi connectivity index (χ0v) is 11.1. The Labute approximate surface area is 108 Å². The van der Waals surface area contributed by atoms with Crippen LogP contribution < -0.4 is 5.73 Å². The number of hydrogen-bond donors (Lipinski definition) is 2. The quantitative estimate of drug-likeness (QED) is 0.637. The maximum Gasteiger partial charge on any atom is 0.128 e. The first-order valence-electron chi connectivity index (χ1n) is 6.28. The van der Waals surface area contributed by atoms with Crippen LogP contribution in [0.15, 0.2) is 6.07 Å². The molecule has 17 heavy (non-hydrogen) atoms. The summed E-state index contributed by atoms with van der Waals surface area (Å²) in [6.45, 7) is 2.48. The van der Waals surface area contributed by atoms with Gasteiger partial charge in [-0.25, -0.2) is 0 Å². The minimum absolute atomic E-state index is 0.326. The summed E-state index contributed by atoms with van der Waals surface area (Å²) in [5.74, 6) is 0.326. The molecule has 3 N–H and O–H groups in total. The molecule has 0 aliphatic heterocycles. The number of benzene rings is 1. The Morgan fingerprint density at radius 1 is 1.47 bits per heavy atom. The van der Waals surface area contributed by atoms with E-state index in [4.69, 9.17) is 18.0 Å². The zero-order valence-electron chi connectivity index (χ0n) is 10.3. The molecule has 0 saturated heterocycles. The molecule has 0 heterocycles. The van der Waals surface area contributed by atoms with Crippen LogP contribution >= 0.6 is 12.2 Å². The highest BCUT2D eigenvalue weighted by Gasteiger charge is 2.22. The maximum atomic E-state index is 10.3. The molecule has 1 aliphatic carbocycles. The number of phenolic OH excluding ortho intramolecular Hbond substituents is 1. The summed E-state index contributed by atoms with van der Waals surface area (Å²) < 4.78 is 0. The molecule has 92 valence electrons. The second-order valence-corrected chi connectivity index (χ2v) is 5.12. The molecule has 0 amide bonds. The number of hydrogen-bond acceptors (Lipinski definition) is 3. The molecule has 0 unspecified atom stereocenters. The summed E-state index contributed by atoms with van der Waals surface area (Å²) in [4.78, 5) is 0.887. The molecule has 0 aromatic heterocycles. The zero-order chi connectivity index (χ0) is 12.4. The first kappa shape index (κ1) is 12.5. The number of rotatable bonds is 4. The highest BCUT2D eigenvalue weighted by molar-refractivity contribution is 7.80. The van der Waals surface area contributed by atoms with Crippen LogP contribution in [0.4, 0.5) is 0 Å². The molecular weight excluding hydrogens is 230 g/mol. The van der Waals surface area contributed by atoms with Gasteiger partial charge >= 0.3 is 0 Å². The topological polar surface area (TPSA) is 46.2 Å². The van der Waals surface area contributed by atoms with E-state index >= 15 is 0 Å². The molecule has 2 nitrogen and oxygen atoms in total. The van der Waals surface area contributed by atoms with Crippen molar-refractivity contribution in [1.29, 1.82) is 0 Å². The first-order valence-corrected chi connectivity index (χ1v) is 6.69. The fourth-order valence-electron chi connectivity index (χ4n) is 2.60. The van der Waals surface area contributed by atoms with E-state index in [1.54, 1.807) is 0 Å². The Morgan fingerprint density at radius 2 is 2.24 bits per heavy atom. The largest absolute Gasteiger partial charge is 0.507 e. The first-order chi connectivity index (χ1) is 8.19. The minimum Gasteiger partial charge on any atom is -0.507 e. The molecule has 2 rings (SSSR count). The minimum atomic E-state index is 0.326. The Hall–Kier alpha value is -0.930. The van der Waals surface area contributed by atoms with Crippen molar-refractivity contribution in [1.82, 2.24) is 0 Å². The fourth-order valence-corrected chi connectivity index (χ4v) is 3.03. The fraction of sp³-hybridized carbons (Fsp3) is 0.500. The van der Waals surface area contributed by atoms with Crippen molar-refractivity contribution in [2.24, 2.45) is 5.73 Å². The maximum absolute atomic E-state index is 10.3. The second kappa shape index (κ2) is 5.15. The Balaban J connectivity index is 2.55. The molecule has 0 atom stereocenters. The molecular formula is C14H19NOS. The third kappa shape index (κ3) is 2.22. The van der Waals surface area contributed by atoms with E-state index in [9.17, 15) is 5.11 Å². The lowest BCUT2D eigenvalue weighted by Gasteiger charge is -2.15. The number of thiocarbonyl (C=S) groups is 1. The van der Waals surface area contributed by atoms with Crippen LogP contribution in [0, 0.1) is 0 Å². The van der Waals surface area contributed by atoms with Crippen molar-refractivity contribution in [2.45, 2.75) is 45.6 Å². The van der Waals surface area contributed by atoms with E-state index in [1.165, 1.54) is 11.1 Å². The number of phenols is 1. The molecule has 0 saturated carbocycles. The molecule has 1 aliphatic rings. The van der Waals surface area contributed by atoms with Gasteiger partial charge in [0.15, 0.2) is 0 Å². The SMILES string of the molecule is CCCC(=S)c1c(O)c(CN)cc2c1CCC2. The van der Waals surface area contributed by atoms with Crippen molar-refractivity contribution in [3.63, 3.8) is 0 Å². The highest BCUT2D eigenvalue weighted by Crippen LogP contribution is 2.35. The van der Waals surface area contributed by atoms with Gasteiger partial charge in [0.05, 0.1) is 0 Å². The molecule has 0 spiro atoms. The van der Waals surface area contributed by atoms with Crippen LogP contribution in [0.3, 0.4) is 0 Å². The summed E-state index contributed by atoms with van der Waals surface area (Å²) in [7, 11) is 0. The van der Waals surface area contributed by atoms with E-state index in [-0.39, 0.29) is 0 Å². The van der Waals surface area contributed by atoms with Crippen LogP contribution in [0.25, 0.3) is 0 Å². The van der Waals surface area contributed by atoms with Crippen LogP contribution in [0.5, 0.6) is 5.75 Å². The van der Waals surface area contributed by atoms with E-state index in [1.807, 2.05) is 0 Å². The molecule has 0 radical (unpaired) electrons. The molecule has 1 aromatic carbocycles. The van der Waals surface area contributed by atoms with Crippen molar-refractivity contribution in [2.75, 3.05) is 0 Å². The van der Waals surface area contributed by atoms with Gasteiger partial charge in [-0.2, -0.15) is 0 Å². The average molecular weight is 249 g/mol.